The number of amides is 1. The van der Waals surface area contributed by atoms with Gasteiger partial charge < -0.3 is 5.32 Å². The monoisotopic (exact) mass is 377 g/mol. The molecule has 0 saturated heterocycles. The van der Waals surface area contributed by atoms with Gasteiger partial charge in [0.2, 0.25) is 5.91 Å². The number of hydrogen-bond donors (Lipinski definition) is 1. The Bertz CT molecular complexity index is 894. The zero-order valence-electron chi connectivity index (χ0n) is 13.5. The van der Waals surface area contributed by atoms with E-state index in [-0.39, 0.29) is 18.0 Å². The van der Waals surface area contributed by atoms with Crippen molar-refractivity contribution in [1.82, 2.24) is 9.97 Å². The third-order valence-corrected chi connectivity index (χ3v) is 4.43. The minimum Gasteiger partial charge on any atom is -0.326 e. The van der Waals surface area contributed by atoms with Crippen LogP contribution in [-0.2, 0) is 17.4 Å². The Morgan fingerprint density at radius 3 is 2.69 bits per heavy atom. The molecule has 0 aliphatic carbocycles. The molecular formula is C18H14F3N3OS. The van der Waals surface area contributed by atoms with Crippen LogP contribution in [0.4, 0.5) is 18.9 Å². The number of nitrogens with zero attached hydrogens (tertiary/aromatic N) is 2. The fourth-order valence-electron chi connectivity index (χ4n) is 2.27. The summed E-state index contributed by atoms with van der Waals surface area (Å²) in [5.41, 5.74) is 0.820. The molecule has 0 aliphatic rings. The molecule has 0 unspecified atom stereocenters. The molecule has 1 amide bonds. The summed E-state index contributed by atoms with van der Waals surface area (Å²) in [5.74, 6) is -0.362. The molecule has 2 heterocycles. The van der Waals surface area contributed by atoms with E-state index in [2.05, 4.69) is 15.3 Å². The first-order valence-corrected chi connectivity index (χ1v) is 8.63. The second-order valence-corrected chi connectivity index (χ2v) is 6.41. The topological polar surface area (TPSA) is 54.9 Å². The highest BCUT2D eigenvalue weighted by atomic mass is 32.1. The Labute approximate surface area is 151 Å². The molecule has 1 N–H and O–H groups in total. The number of nitrogens with one attached hydrogen (secondary N) is 1. The molecular weight excluding hydrogens is 363 g/mol. The van der Waals surface area contributed by atoms with Crippen LogP contribution in [-0.4, -0.2) is 15.9 Å². The Morgan fingerprint density at radius 1 is 1.12 bits per heavy atom. The number of aromatic nitrogens is 2. The van der Waals surface area contributed by atoms with Gasteiger partial charge in [0.05, 0.1) is 22.0 Å². The maximum absolute atomic E-state index is 12.7. The summed E-state index contributed by atoms with van der Waals surface area (Å²) in [6.45, 7) is 0. The van der Waals surface area contributed by atoms with Crippen LogP contribution in [0.2, 0.25) is 0 Å². The lowest BCUT2D eigenvalue weighted by Gasteiger charge is -2.09. The van der Waals surface area contributed by atoms with Gasteiger partial charge in [-0.1, -0.05) is 12.1 Å². The lowest BCUT2D eigenvalue weighted by molar-refractivity contribution is -0.137. The second-order valence-electron chi connectivity index (χ2n) is 5.47. The molecule has 26 heavy (non-hydrogen) atoms. The number of anilines is 1. The summed E-state index contributed by atoms with van der Waals surface area (Å²) in [4.78, 5) is 20.6. The zero-order valence-corrected chi connectivity index (χ0v) is 14.3. The van der Waals surface area contributed by atoms with Crippen molar-refractivity contribution < 1.29 is 18.0 Å². The van der Waals surface area contributed by atoms with E-state index in [9.17, 15) is 18.0 Å². The average molecular weight is 377 g/mol. The minimum absolute atomic E-state index is 0.123. The van der Waals surface area contributed by atoms with Gasteiger partial charge in [-0.3, -0.25) is 9.78 Å². The van der Waals surface area contributed by atoms with Crippen LogP contribution in [0.3, 0.4) is 0 Å². The van der Waals surface area contributed by atoms with E-state index in [1.165, 1.54) is 23.5 Å². The van der Waals surface area contributed by atoms with E-state index in [1.807, 2.05) is 23.6 Å². The van der Waals surface area contributed by atoms with Crippen LogP contribution in [0.25, 0.3) is 11.4 Å². The summed E-state index contributed by atoms with van der Waals surface area (Å²) in [5, 5.41) is 5.12. The van der Waals surface area contributed by atoms with Crippen LogP contribution in [0.5, 0.6) is 0 Å². The first kappa shape index (κ1) is 18.1. The molecule has 0 atom stereocenters. The Hall–Kier alpha value is -2.74. The van der Waals surface area contributed by atoms with E-state index < -0.39 is 11.7 Å². The van der Waals surface area contributed by atoms with Crippen LogP contribution in [0.1, 0.15) is 17.0 Å². The van der Waals surface area contributed by atoms with Gasteiger partial charge in [-0.25, -0.2) is 4.98 Å². The highest BCUT2D eigenvalue weighted by Gasteiger charge is 2.30. The zero-order chi connectivity index (χ0) is 18.6. The van der Waals surface area contributed by atoms with Crippen LogP contribution in [0.15, 0.2) is 54.0 Å². The highest BCUT2D eigenvalue weighted by Crippen LogP contribution is 2.30. The quantitative estimate of drug-likeness (QED) is 0.695. The maximum atomic E-state index is 12.7. The Balaban J connectivity index is 1.57. The average Bonchev–Trinajstić information content (AvgIpc) is 3.09. The molecule has 3 aromatic rings. The van der Waals surface area contributed by atoms with Crippen LogP contribution in [0, 0.1) is 0 Å². The third kappa shape index (κ3) is 4.66. The number of carbonyl (C=O) groups is 1. The number of alkyl halides is 3. The lowest BCUT2D eigenvalue weighted by Crippen LogP contribution is -2.13. The molecule has 0 spiro atoms. The number of rotatable bonds is 5. The fourth-order valence-corrected chi connectivity index (χ4v) is 3.07. The van der Waals surface area contributed by atoms with Crippen molar-refractivity contribution in [2.75, 3.05) is 5.32 Å². The van der Waals surface area contributed by atoms with Gasteiger partial charge in [-0.05, 0) is 30.3 Å². The number of halogens is 3. The van der Waals surface area contributed by atoms with Gasteiger partial charge in [-0.2, -0.15) is 13.2 Å². The van der Waals surface area contributed by atoms with E-state index in [0.717, 1.165) is 28.5 Å². The molecule has 0 bridgehead atoms. The number of aryl methyl sites for hydroxylation is 1. The van der Waals surface area contributed by atoms with Gasteiger partial charge in [-0.15, -0.1) is 11.3 Å². The fraction of sp³-hybridized carbons (Fsp3) is 0.167. The summed E-state index contributed by atoms with van der Waals surface area (Å²) in [6, 6.07) is 10.1. The van der Waals surface area contributed by atoms with E-state index in [0.29, 0.717) is 6.42 Å². The Kier molecular flexibility index (Phi) is 5.32. The first-order valence-electron chi connectivity index (χ1n) is 7.75. The molecule has 2 aromatic heterocycles. The van der Waals surface area contributed by atoms with Crippen molar-refractivity contribution in [3.63, 3.8) is 0 Å². The second kappa shape index (κ2) is 7.65. The van der Waals surface area contributed by atoms with Crippen LogP contribution >= 0.6 is 11.3 Å². The van der Waals surface area contributed by atoms with Gasteiger partial charge in [0.1, 0.15) is 0 Å². The van der Waals surface area contributed by atoms with Crippen LogP contribution < -0.4 is 5.32 Å². The van der Waals surface area contributed by atoms with E-state index in [1.54, 1.807) is 6.20 Å². The van der Waals surface area contributed by atoms with Crippen molar-refractivity contribution in [3.8, 4) is 11.4 Å². The lowest BCUT2D eigenvalue weighted by atomic mass is 10.2. The predicted molar refractivity (Wildman–Crippen MR) is 93.7 cm³/mol. The van der Waals surface area contributed by atoms with Crippen molar-refractivity contribution in [3.05, 3.63) is 64.6 Å². The molecule has 0 aliphatic heterocycles. The Morgan fingerprint density at radius 2 is 1.96 bits per heavy atom. The smallest absolute Gasteiger partial charge is 0.326 e. The molecule has 0 fully saturated rings. The summed E-state index contributed by atoms with van der Waals surface area (Å²) in [6.07, 6.45) is -2.23. The number of carbonyl (C=O) groups excluding carboxylic acids is 1. The van der Waals surface area contributed by atoms with Gasteiger partial charge in [0.15, 0.2) is 0 Å². The van der Waals surface area contributed by atoms with Crippen molar-refractivity contribution in [2.24, 2.45) is 0 Å². The molecule has 0 saturated carbocycles. The van der Waals surface area contributed by atoms with Crippen molar-refractivity contribution in [1.29, 1.82) is 0 Å². The maximum Gasteiger partial charge on any atom is 0.416 e. The molecule has 0 radical (unpaired) electrons. The SMILES string of the molecule is O=C(CCc1nc(-c2ccccn2)cs1)Nc1cccc(C(F)(F)F)c1. The third-order valence-electron chi connectivity index (χ3n) is 3.52. The van der Waals surface area contributed by atoms with Gasteiger partial charge >= 0.3 is 6.18 Å². The molecule has 8 heteroatoms. The first-order chi connectivity index (χ1) is 12.4. The van der Waals surface area contributed by atoms with Gasteiger partial charge in [0, 0.05) is 30.1 Å². The normalized spacial score (nSPS) is 11.3. The largest absolute Gasteiger partial charge is 0.416 e. The van der Waals surface area contributed by atoms with Gasteiger partial charge in [0.25, 0.3) is 0 Å². The van der Waals surface area contributed by atoms with Crippen molar-refractivity contribution in [2.45, 2.75) is 19.0 Å². The summed E-state index contributed by atoms with van der Waals surface area (Å²) >= 11 is 1.42. The highest BCUT2D eigenvalue weighted by molar-refractivity contribution is 7.09. The number of pyridine rings is 1. The van der Waals surface area contributed by atoms with E-state index >= 15 is 0 Å². The summed E-state index contributed by atoms with van der Waals surface area (Å²) in [7, 11) is 0. The number of hydrogen-bond acceptors (Lipinski definition) is 4. The van der Waals surface area contributed by atoms with E-state index in [4.69, 9.17) is 0 Å². The molecule has 3 rings (SSSR count). The molecule has 4 nitrogen and oxygen atoms in total. The minimum atomic E-state index is -4.44. The summed E-state index contributed by atoms with van der Waals surface area (Å²) < 4.78 is 38.1. The molecule has 1 aromatic carbocycles. The van der Waals surface area contributed by atoms with Crippen molar-refractivity contribution >= 4 is 22.9 Å². The number of benzene rings is 1. The predicted octanol–water partition coefficient (Wildman–Crippen LogP) is 4.80. The standard InChI is InChI=1S/C18H14F3N3OS/c19-18(20,21)12-4-3-5-13(10-12)23-16(25)7-8-17-24-15(11-26-17)14-6-1-2-9-22-14/h1-6,9-11H,7-8H2,(H,23,25). The molecule has 134 valence electrons. The number of thiazole rings is 1.